The summed E-state index contributed by atoms with van der Waals surface area (Å²) in [5.74, 6) is -1.60. The van der Waals surface area contributed by atoms with E-state index < -0.39 is 47.9 Å². The van der Waals surface area contributed by atoms with Gasteiger partial charge in [-0.3, -0.25) is 10.1 Å². The molecule has 1 rings (SSSR count). The van der Waals surface area contributed by atoms with Crippen molar-refractivity contribution in [3.63, 3.8) is 0 Å². The molecule has 0 aromatic heterocycles. The molecule has 116 valence electrons. The second kappa shape index (κ2) is 5.29. The summed E-state index contributed by atoms with van der Waals surface area (Å²) in [6.07, 6.45) is 1.20. The largest absolute Gasteiger partial charge is 0.477 e. The van der Waals surface area contributed by atoms with Gasteiger partial charge in [-0.25, -0.2) is 21.6 Å². The highest BCUT2D eigenvalue weighted by molar-refractivity contribution is 8.09. The predicted molar refractivity (Wildman–Crippen MR) is 72.2 cm³/mol. The fourth-order valence-corrected chi connectivity index (χ4v) is 4.55. The average molecular weight is 338 g/mol. The van der Waals surface area contributed by atoms with Crippen LogP contribution in [-0.4, -0.2) is 45.3 Å². The van der Waals surface area contributed by atoms with Crippen LogP contribution in [0.1, 0.15) is 10.4 Å². The molecule has 1 aromatic carbocycles. The van der Waals surface area contributed by atoms with E-state index >= 15 is 0 Å². The highest BCUT2D eigenvalue weighted by Crippen LogP contribution is 2.28. The molecule has 12 heteroatoms. The van der Waals surface area contributed by atoms with Crippen molar-refractivity contribution in [3.8, 4) is 0 Å². The Hall–Kier alpha value is -2.21. The summed E-state index contributed by atoms with van der Waals surface area (Å²) in [6, 6.07) is 2.20. The minimum atomic E-state index is -4.28. The number of rotatable bonds is 5. The maximum atomic E-state index is 11.5. The van der Waals surface area contributed by atoms with Gasteiger partial charge in [0.15, 0.2) is 0 Å². The van der Waals surface area contributed by atoms with Gasteiger partial charge in [-0.15, -0.1) is 0 Å². The number of nitro benzene ring substituents is 1. The van der Waals surface area contributed by atoms with Crippen LogP contribution in [0.15, 0.2) is 18.2 Å². The zero-order valence-corrected chi connectivity index (χ0v) is 12.4. The number of aromatic carboxylic acids is 1. The summed E-state index contributed by atoms with van der Waals surface area (Å²) in [5.41, 5.74) is -2.15. The Kier molecular flexibility index (Phi) is 4.24. The molecule has 0 unspecified atom stereocenters. The van der Waals surface area contributed by atoms with Crippen molar-refractivity contribution in [2.75, 3.05) is 16.2 Å². The van der Waals surface area contributed by atoms with Crippen LogP contribution in [0.4, 0.5) is 11.4 Å². The number of sulfonamides is 2. The molecule has 0 spiro atoms. The molecule has 0 fully saturated rings. The van der Waals surface area contributed by atoms with Gasteiger partial charge in [-0.05, 0) is 12.1 Å². The minimum absolute atomic E-state index is 0.0152. The minimum Gasteiger partial charge on any atom is -0.477 e. The Morgan fingerprint density at radius 2 is 1.67 bits per heavy atom. The molecule has 0 bridgehead atoms. The number of benzene rings is 1. The molecule has 0 aliphatic carbocycles. The van der Waals surface area contributed by atoms with E-state index in [9.17, 15) is 31.7 Å². The number of hydrogen-bond donors (Lipinski definition) is 1. The first-order chi connectivity index (χ1) is 9.35. The van der Waals surface area contributed by atoms with Crippen molar-refractivity contribution in [3.05, 3.63) is 33.9 Å². The summed E-state index contributed by atoms with van der Waals surface area (Å²) in [5, 5.41) is 19.6. The number of hydrogen-bond acceptors (Lipinski definition) is 7. The molecule has 0 saturated carbocycles. The van der Waals surface area contributed by atoms with E-state index in [-0.39, 0.29) is 3.71 Å². The van der Waals surface area contributed by atoms with Crippen LogP contribution in [0.3, 0.4) is 0 Å². The van der Waals surface area contributed by atoms with Crippen LogP contribution in [-0.2, 0) is 20.0 Å². The smallest absolute Gasteiger partial charge is 0.342 e. The summed E-state index contributed by atoms with van der Waals surface area (Å²) in [4.78, 5) is 20.6. The van der Waals surface area contributed by atoms with Gasteiger partial charge in [0.2, 0.25) is 20.0 Å². The Labute approximate surface area is 119 Å². The molecular weight excluding hydrogens is 328 g/mol. The number of carboxylic acids is 1. The molecular formula is C9H10N2O8S2. The van der Waals surface area contributed by atoms with Gasteiger partial charge >= 0.3 is 5.97 Å². The van der Waals surface area contributed by atoms with Crippen LogP contribution in [0.25, 0.3) is 0 Å². The highest BCUT2D eigenvalue weighted by Gasteiger charge is 2.30. The van der Waals surface area contributed by atoms with Crippen LogP contribution < -0.4 is 3.71 Å². The fourth-order valence-electron chi connectivity index (χ4n) is 1.59. The Morgan fingerprint density at radius 1 is 1.19 bits per heavy atom. The number of anilines is 1. The number of carboxylic acid groups (broad SMARTS) is 1. The first kappa shape index (κ1) is 16.8. The molecule has 0 aliphatic heterocycles. The first-order valence-electron chi connectivity index (χ1n) is 5.08. The Bertz CT molecular complexity index is 780. The number of nitro groups is 1. The topological polar surface area (TPSA) is 152 Å². The normalized spacial score (nSPS) is 11.9. The third-order valence-electron chi connectivity index (χ3n) is 2.22. The van der Waals surface area contributed by atoms with E-state index in [1.54, 1.807) is 0 Å². The summed E-state index contributed by atoms with van der Waals surface area (Å²) in [7, 11) is -8.55. The quantitative estimate of drug-likeness (QED) is 0.582. The Morgan fingerprint density at radius 3 is 2.00 bits per heavy atom. The predicted octanol–water partition coefficient (Wildman–Crippen LogP) is 0.0186. The van der Waals surface area contributed by atoms with Gasteiger partial charge in [-0.2, -0.15) is 3.71 Å². The molecule has 0 heterocycles. The van der Waals surface area contributed by atoms with Crippen molar-refractivity contribution in [1.82, 2.24) is 0 Å². The van der Waals surface area contributed by atoms with Crippen molar-refractivity contribution in [2.45, 2.75) is 0 Å². The molecule has 0 radical (unpaired) electrons. The van der Waals surface area contributed by atoms with Crippen molar-refractivity contribution < 1.29 is 31.7 Å². The van der Waals surface area contributed by atoms with Gasteiger partial charge < -0.3 is 5.11 Å². The lowest BCUT2D eigenvalue weighted by Gasteiger charge is -2.19. The molecule has 1 aromatic rings. The summed E-state index contributed by atoms with van der Waals surface area (Å²) >= 11 is 0. The number of carbonyl (C=O) groups is 1. The van der Waals surface area contributed by atoms with E-state index in [1.807, 2.05) is 0 Å². The third-order valence-corrected chi connectivity index (χ3v) is 5.47. The van der Waals surface area contributed by atoms with Crippen molar-refractivity contribution in [2.24, 2.45) is 0 Å². The molecule has 0 saturated heterocycles. The molecule has 0 amide bonds. The van der Waals surface area contributed by atoms with E-state index in [4.69, 9.17) is 5.11 Å². The van der Waals surface area contributed by atoms with Crippen LogP contribution >= 0.6 is 0 Å². The SMILES string of the molecule is CS(=O)(=O)N(c1ccc(C(=O)O)c([N+](=O)[O-])c1)S(C)(=O)=O. The fraction of sp³-hybridized carbons (Fsp3) is 0.222. The Balaban J connectivity index is 3.68. The van der Waals surface area contributed by atoms with Crippen LogP contribution in [0.5, 0.6) is 0 Å². The third kappa shape index (κ3) is 3.66. The van der Waals surface area contributed by atoms with Crippen molar-refractivity contribution >= 4 is 37.4 Å². The van der Waals surface area contributed by atoms with Gasteiger partial charge in [0.25, 0.3) is 5.69 Å². The standard InChI is InChI=1S/C9H10N2O8S2/c1-20(16,17)11(21(2,18)19)6-3-4-7(9(12)13)8(5-6)10(14)15/h3-5H,1-2H3,(H,12,13). The maximum absolute atomic E-state index is 11.5. The second-order valence-corrected chi connectivity index (χ2v) is 7.88. The van der Waals surface area contributed by atoms with E-state index in [2.05, 4.69) is 0 Å². The van der Waals surface area contributed by atoms with Crippen molar-refractivity contribution in [1.29, 1.82) is 0 Å². The molecule has 10 nitrogen and oxygen atoms in total. The second-order valence-electron chi connectivity index (χ2n) is 3.99. The van der Waals surface area contributed by atoms with E-state index in [1.165, 1.54) is 0 Å². The summed E-state index contributed by atoms with van der Waals surface area (Å²) < 4.78 is 46.1. The van der Waals surface area contributed by atoms with Gasteiger partial charge in [0, 0.05) is 6.07 Å². The maximum Gasteiger partial charge on any atom is 0.342 e. The van der Waals surface area contributed by atoms with Gasteiger partial charge in [0.05, 0.1) is 23.1 Å². The zero-order chi connectivity index (χ0) is 16.6. The average Bonchev–Trinajstić information content (AvgIpc) is 2.24. The van der Waals surface area contributed by atoms with Gasteiger partial charge in [-0.1, -0.05) is 0 Å². The molecule has 0 atom stereocenters. The van der Waals surface area contributed by atoms with Crippen LogP contribution in [0.2, 0.25) is 0 Å². The van der Waals surface area contributed by atoms with Crippen LogP contribution in [0, 0.1) is 10.1 Å². The lowest BCUT2D eigenvalue weighted by molar-refractivity contribution is -0.385. The molecule has 0 aliphatic rings. The zero-order valence-electron chi connectivity index (χ0n) is 10.7. The summed E-state index contributed by atoms with van der Waals surface area (Å²) in [6.45, 7) is 0. The first-order valence-corrected chi connectivity index (χ1v) is 8.77. The lowest BCUT2D eigenvalue weighted by atomic mass is 10.1. The van der Waals surface area contributed by atoms with E-state index in [0.29, 0.717) is 18.6 Å². The highest BCUT2D eigenvalue weighted by atomic mass is 32.3. The monoisotopic (exact) mass is 338 g/mol. The van der Waals surface area contributed by atoms with Gasteiger partial charge in [0.1, 0.15) is 5.56 Å². The van der Waals surface area contributed by atoms with E-state index in [0.717, 1.165) is 12.1 Å². The molecule has 1 N–H and O–H groups in total. The number of nitrogens with zero attached hydrogens (tertiary/aromatic N) is 2. The molecule has 21 heavy (non-hydrogen) atoms. The lowest BCUT2D eigenvalue weighted by Crippen LogP contribution is -2.35.